The molecule has 0 spiro atoms. The molecule has 0 radical (unpaired) electrons. The summed E-state index contributed by atoms with van der Waals surface area (Å²) in [4.78, 5) is 0. The zero-order valence-corrected chi connectivity index (χ0v) is 11.0. The van der Waals surface area contributed by atoms with Gasteiger partial charge < -0.3 is 10.1 Å². The number of hydrogen-bond donors (Lipinski definition) is 1. The summed E-state index contributed by atoms with van der Waals surface area (Å²) in [7, 11) is 3.80. The second-order valence-electron chi connectivity index (χ2n) is 5.18. The van der Waals surface area contributed by atoms with E-state index in [1.54, 1.807) is 7.11 Å². The standard InChI is InChI=1S/C16H19NO/c1-17-16(9-10-16)11-12-7-8-15(18-2)14-6-4-3-5-13(12)14/h3-8,17H,9-11H2,1-2H3. The maximum atomic E-state index is 5.44. The highest BCUT2D eigenvalue weighted by molar-refractivity contribution is 5.91. The number of nitrogens with one attached hydrogen (secondary N) is 1. The predicted molar refractivity (Wildman–Crippen MR) is 75.2 cm³/mol. The van der Waals surface area contributed by atoms with Gasteiger partial charge in [-0.1, -0.05) is 30.3 Å². The lowest BCUT2D eigenvalue weighted by molar-refractivity contribution is 0.419. The van der Waals surface area contributed by atoms with Gasteiger partial charge in [0.15, 0.2) is 0 Å². The molecule has 2 heteroatoms. The van der Waals surface area contributed by atoms with Crippen molar-refractivity contribution in [3.8, 4) is 5.75 Å². The normalized spacial score (nSPS) is 16.8. The van der Waals surface area contributed by atoms with E-state index in [9.17, 15) is 0 Å². The van der Waals surface area contributed by atoms with Crippen LogP contribution >= 0.6 is 0 Å². The van der Waals surface area contributed by atoms with Crippen LogP contribution in [0.1, 0.15) is 18.4 Å². The minimum absolute atomic E-state index is 0.345. The Morgan fingerprint density at radius 2 is 1.83 bits per heavy atom. The molecule has 0 unspecified atom stereocenters. The molecule has 18 heavy (non-hydrogen) atoms. The van der Waals surface area contributed by atoms with E-state index in [-0.39, 0.29) is 0 Å². The third kappa shape index (κ3) is 1.87. The molecule has 0 heterocycles. The van der Waals surface area contributed by atoms with Crippen molar-refractivity contribution in [3.05, 3.63) is 42.0 Å². The SMILES string of the molecule is CNC1(Cc2ccc(OC)c3ccccc23)CC1. The first-order valence-corrected chi connectivity index (χ1v) is 6.51. The first-order chi connectivity index (χ1) is 8.78. The highest BCUT2D eigenvalue weighted by Crippen LogP contribution is 2.40. The summed E-state index contributed by atoms with van der Waals surface area (Å²) in [5.41, 5.74) is 1.76. The van der Waals surface area contributed by atoms with E-state index in [4.69, 9.17) is 4.74 Å². The van der Waals surface area contributed by atoms with Crippen LogP contribution in [0.15, 0.2) is 36.4 Å². The summed E-state index contributed by atoms with van der Waals surface area (Å²) in [6.07, 6.45) is 3.67. The van der Waals surface area contributed by atoms with Crippen molar-refractivity contribution in [3.63, 3.8) is 0 Å². The van der Waals surface area contributed by atoms with Crippen LogP contribution in [0.5, 0.6) is 5.75 Å². The van der Waals surface area contributed by atoms with Crippen LogP contribution < -0.4 is 10.1 Å². The lowest BCUT2D eigenvalue weighted by Crippen LogP contribution is -2.29. The molecule has 2 aromatic carbocycles. The number of likely N-dealkylation sites (N-methyl/N-ethyl adjacent to an activating group) is 1. The molecule has 1 N–H and O–H groups in total. The Bertz CT molecular complexity index is 572. The first kappa shape index (κ1) is 11.5. The van der Waals surface area contributed by atoms with E-state index in [0.717, 1.165) is 12.2 Å². The van der Waals surface area contributed by atoms with Crippen LogP contribution in [0.3, 0.4) is 0 Å². The highest BCUT2D eigenvalue weighted by atomic mass is 16.5. The quantitative estimate of drug-likeness (QED) is 0.888. The van der Waals surface area contributed by atoms with Crippen molar-refractivity contribution in [2.45, 2.75) is 24.8 Å². The number of hydrogen-bond acceptors (Lipinski definition) is 2. The Balaban J connectivity index is 2.07. The smallest absolute Gasteiger partial charge is 0.126 e. The molecule has 0 amide bonds. The van der Waals surface area contributed by atoms with Crippen LogP contribution in [-0.2, 0) is 6.42 Å². The summed E-state index contributed by atoms with van der Waals surface area (Å²) < 4.78 is 5.44. The maximum Gasteiger partial charge on any atom is 0.126 e. The van der Waals surface area contributed by atoms with Gasteiger partial charge >= 0.3 is 0 Å². The van der Waals surface area contributed by atoms with E-state index in [0.29, 0.717) is 5.54 Å². The number of methoxy groups -OCH3 is 1. The van der Waals surface area contributed by atoms with E-state index in [1.165, 1.54) is 29.2 Å². The van der Waals surface area contributed by atoms with Crippen molar-refractivity contribution in [2.24, 2.45) is 0 Å². The number of rotatable bonds is 4. The van der Waals surface area contributed by atoms with Crippen molar-refractivity contribution < 1.29 is 4.74 Å². The third-order valence-electron chi connectivity index (χ3n) is 4.11. The Morgan fingerprint density at radius 3 is 2.44 bits per heavy atom. The summed E-state index contributed by atoms with van der Waals surface area (Å²) in [5.74, 6) is 0.962. The van der Waals surface area contributed by atoms with Crippen molar-refractivity contribution in [1.82, 2.24) is 5.32 Å². The highest BCUT2D eigenvalue weighted by Gasteiger charge is 2.41. The summed E-state index contributed by atoms with van der Waals surface area (Å²) in [5, 5.41) is 5.99. The Hall–Kier alpha value is -1.54. The molecule has 2 aromatic rings. The van der Waals surface area contributed by atoms with Gasteiger partial charge in [-0.15, -0.1) is 0 Å². The summed E-state index contributed by atoms with van der Waals surface area (Å²) in [6.45, 7) is 0. The molecule has 0 aromatic heterocycles. The number of ether oxygens (including phenoxy) is 1. The van der Waals surface area contributed by atoms with Crippen LogP contribution in [0.25, 0.3) is 10.8 Å². The largest absolute Gasteiger partial charge is 0.496 e. The molecule has 0 aliphatic heterocycles. The lowest BCUT2D eigenvalue weighted by atomic mass is 9.97. The van der Waals surface area contributed by atoms with E-state index >= 15 is 0 Å². The molecule has 94 valence electrons. The molecule has 2 nitrogen and oxygen atoms in total. The van der Waals surface area contributed by atoms with Gasteiger partial charge in [0, 0.05) is 10.9 Å². The third-order valence-corrected chi connectivity index (χ3v) is 4.11. The molecule has 0 atom stereocenters. The fourth-order valence-electron chi connectivity index (χ4n) is 2.70. The van der Waals surface area contributed by atoms with Crippen molar-refractivity contribution in [1.29, 1.82) is 0 Å². The molecule has 0 saturated heterocycles. The Labute approximate surface area is 108 Å². The van der Waals surface area contributed by atoms with Gasteiger partial charge in [-0.3, -0.25) is 0 Å². The van der Waals surface area contributed by atoms with Gasteiger partial charge in [0.25, 0.3) is 0 Å². The molecule has 1 fully saturated rings. The molecule has 3 rings (SSSR count). The van der Waals surface area contributed by atoms with Crippen LogP contribution in [0.2, 0.25) is 0 Å². The lowest BCUT2D eigenvalue weighted by Gasteiger charge is -2.16. The zero-order chi connectivity index (χ0) is 12.6. The van der Waals surface area contributed by atoms with Gasteiger partial charge in [0.2, 0.25) is 0 Å². The molecular formula is C16H19NO. The fourth-order valence-corrected chi connectivity index (χ4v) is 2.70. The van der Waals surface area contributed by atoms with E-state index < -0.39 is 0 Å². The molecule has 1 aliphatic carbocycles. The topological polar surface area (TPSA) is 21.3 Å². The van der Waals surface area contributed by atoms with Crippen LogP contribution in [-0.4, -0.2) is 19.7 Å². The molecule has 1 saturated carbocycles. The average Bonchev–Trinajstić information content (AvgIpc) is 3.20. The number of benzene rings is 2. The molecule has 0 bridgehead atoms. The number of fused-ring (bicyclic) bond motifs is 1. The van der Waals surface area contributed by atoms with E-state index in [2.05, 4.69) is 48.8 Å². The second kappa shape index (κ2) is 4.29. The summed E-state index contributed by atoms with van der Waals surface area (Å²) in [6, 6.07) is 12.8. The monoisotopic (exact) mass is 241 g/mol. The minimum atomic E-state index is 0.345. The van der Waals surface area contributed by atoms with Gasteiger partial charge in [-0.2, -0.15) is 0 Å². The van der Waals surface area contributed by atoms with Crippen LogP contribution in [0.4, 0.5) is 0 Å². The maximum absolute atomic E-state index is 5.44. The van der Waals surface area contributed by atoms with Crippen molar-refractivity contribution >= 4 is 10.8 Å². The average molecular weight is 241 g/mol. The first-order valence-electron chi connectivity index (χ1n) is 6.51. The second-order valence-corrected chi connectivity index (χ2v) is 5.18. The Morgan fingerprint density at radius 1 is 1.11 bits per heavy atom. The van der Waals surface area contributed by atoms with Gasteiger partial charge in [0.05, 0.1) is 7.11 Å². The predicted octanol–water partition coefficient (Wildman–Crippen LogP) is 3.14. The summed E-state index contributed by atoms with van der Waals surface area (Å²) >= 11 is 0. The molecule has 1 aliphatic rings. The van der Waals surface area contributed by atoms with Crippen molar-refractivity contribution in [2.75, 3.05) is 14.2 Å². The van der Waals surface area contributed by atoms with Gasteiger partial charge in [-0.25, -0.2) is 0 Å². The van der Waals surface area contributed by atoms with Crippen LogP contribution in [0, 0.1) is 0 Å². The fraction of sp³-hybridized carbons (Fsp3) is 0.375. The van der Waals surface area contributed by atoms with Gasteiger partial charge in [0.1, 0.15) is 5.75 Å². The molecular weight excluding hydrogens is 222 g/mol. The zero-order valence-electron chi connectivity index (χ0n) is 11.0. The minimum Gasteiger partial charge on any atom is -0.496 e. The Kier molecular flexibility index (Phi) is 2.75. The van der Waals surface area contributed by atoms with E-state index in [1.807, 2.05) is 0 Å². The van der Waals surface area contributed by atoms with Gasteiger partial charge in [-0.05, 0) is 43.3 Å².